The van der Waals surface area contributed by atoms with Crippen LogP contribution in [0.4, 0.5) is 4.79 Å². The molecule has 0 atom stereocenters. The van der Waals surface area contributed by atoms with Gasteiger partial charge in [-0.2, -0.15) is 4.79 Å². The number of nitrogens with one attached hydrogen (secondary N) is 1. The first-order valence-electron chi connectivity index (χ1n) is 5.66. The van der Waals surface area contributed by atoms with E-state index in [-0.39, 0.29) is 9.90 Å². The molecule has 0 aliphatic carbocycles. The molecule has 4 heteroatoms. The van der Waals surface area contributed by atoms with Gasteiger partial charge in [0.15, 0.2) is 0 Å². The summed E-state index contributed by atoms with van der Waals surface area (Å²) < 4.78 is 0.240. The zero-order valence-electron chi connectivity index (χ0n) is 10.0. The molecule has 1 heterocycles. The van der Waals surface area contributed by atoms with Gasteiger partial charge in [0.2, 0.25) is 0 Å². The first-order valence-corrected chi connectivity index (χ1v) is 5.66. The summed E-state index contributed by atoms with van der Waals surface area (Å²) in [6.45, 7) is 10.3. The van der Waals surface area contributed by atoms with Gasteiger partial charge in [0, 0.05) is 19.5 Å². The average Bonchev–Trinajstić information content (AvgIpc) is 2.15. The highest BCUT2D eigenvalue weighted by atomic mass is 16.4. The number of nitrogens with zero attached hydrogens (tertiary/aromatic N) is 1. The Hall–Kier alpha value is -0.610. The highest BCUT2D eigenvalue weighted by Gasteiger charge is 2.38. The third kappa shape index (κ3) is 3.47. The SMILES string of the molecule is CC(C)(C)CC[N+]1(C(=O)O)CCNCC1. The third-order valence-electron chi connectivity index (χ3n) is 3.13. The van der Waals surface area contributed by atoms with Crippen molar-refractivity contribution < 1.29 is 14.4 Å². The number of carbonyl (C=O) groups is 1. The molecule has 1 aliphatic rings. The van der Waals surface area contributed by atoms with E-state index >= 15 is 0 Å². The average molecular weight is 215 g/mol. The topological polar surface area (TPSA) is 49.3 Å². The fourth-order valence-corrected chi connectivity index (χ4v) is 1.88. The predicted molar refractivity (Wildman–Crippen MR) is 59.8 cm³/mol. The number of piperazine rings is 1. The molecule has 0 saturated carbocycles. The van der Waals surface area contributed by atoms with Crippen molar-refractivity contribution in [2.75, 3.05) is 32.7 Å². The van der Waals surface area contributed by atoms with Gasteiger partial charge < -0.3 is 10.4 Å². The van der Waals surface area contributed by atoms with Gasteiger partial charge in [0.1, 0.15) is 13.1 Å². The molecule has 1 aliphatic heterocycles. The van der Waals surface area contributed by atoms with Crippen molar-refractivity contribution in [3.8, 4) is 0 Å². The van der Waals surface area contributed by atoms with Gasteiger partial charge in [-0.15, -0.1) is 0 Å². The molecule has 0 aromatic carbocycles. The van der Waals surface area contributed by atoms with Crippen molar-refractivity contribution in [1.29, 1.82) is 0 Å². The molecular formula is C11H23N2O2+. The second-order valence-corrected chi connectivity index (χ2v) is 5.66. The lowest BCUT2D eigenvalue weighted by Gasteiger charge is -2.37. The van der Waals surface area contributed by atoms with Crippen LogP contribution in [0.3, 0.4) is 0 Å². The summed E-state index contributed by atoms with van der Waals surface area (Å²) in [7, 11) is 0. The fraction of sp³-hybridized carbons (Fsp3) is 0.909. The Morgan fingerprint density at radius 3 is 2.27 bits per heavy atom. The number of hydrogen-bond acceptors (Lipinski definition) is 2. The molecule has 88 valence electrons. The Labute approximate surface area is 91.9 Å². The molecule has 1 rings (SSSR count). The predicted octanol–water partition coefficient (Wildman–Crippen LogP) is 1.52. The van der Waals surface area contributed by atoms with Crippen LogP contribution in [0.15, 0.2) is 0 Å². The van der Waals surface area contributed by atoms with E-state index in [4.69, 9.17) is 0 Å². The van der Waals surface area contributed by atoms with Crippen LogP contribution in [0.1, 0.15) is 27.2 Å². The standard InChI is InChI=1S/C11H22N2O2/c1-11(2,3)4-7-13(10(14)15)8-5-12-6-9-13/h12H,4-9H2,1-3H3/p+1. The summed E-state index contributed by atoms with van der Waals surface area (Å²) in [5.74, 6) is 0. The van der Waals surface area contributed by atoms with Crippen LogP contribution in [0.5, 0.6) is 0 Å². The number of rotatable bonds is 2. The Balaban J connectivity index is 2.61. The van der Waals surface area contributed by atoms with Crippen LogP contribution in [-0.4, -0.2) is 48.4 Å². The van der Waals surface area contributed by atoms with Crippen LogP contribution in [-0.2, 0) is 0 Å². The van der Waals surface area contributed by atoms with Crippen molar-refractivity contribution in [1.82, 2.24) is 5.32 Å². The molecule has 0 spiro atoms. The second kappa shape index (κ2) is 4.49. The maximum atomic E-state index is 11.3. The molecule has 0 aromatic rings. The van der Waals surface area contributed by atoms with E-state index in [2.05, 4.69) is 26.1 Å². The van der Waals surface area contributed by atoms with Crippen LogP contribution < -0.4 is 5.32 Å². The Bertz CT molecular complexity index is 227. The van der Waals surface area contributed by atoms with Crippen molar-refractivity contribution in [3.63, 3.8) is 0 Å². The zero-order valence-corrected chi connectivity index (χ0v) is 10.0. The van der Waals surface area contributed by atoms with Crippen molar-refractivity contribution in [2.45, 2.75) is 27.2 Å². The molecule has 1 fully saturated rings. The minimum atomic E-state index is -0.666. The van der Waals surface area contributed by atoms with Gasteiger partial charge in [0.25, 0.3) is 0 Å². The van der Waals surface area contributed by atoms with Gasteiger partial charge in [-0.3, -0.25) is 0 Å². The van der Waals surface area contributed by atoms with E-state index < -0.39 is 6.09 Å². The molecular weight excluding hydrogens is 192 g/mol. The molecule has 1 saturated heterocycles. The maximum absolute atomic E-state index is 11.3. The highest BCUT2D eigenvalue weighted by Crippen LogP contribution is 2.22. The second-order valence-electron chi connectivity index (χ2n) is 5.66. The van der Waals surface area contributed by atoms with Crippen molar-refractivity contribution in [2.24, 2.45) is 5.41 Å². The normalized spacial score (nSPS) is 21.3. The number of carboxylic acid groups (broad SMARTS) is 1. The molecule has 4 nitrogen and oxygen atoms in total. The lowest BCUT2D eigenvalue weighted by Crippen LogP contribution is -2.62. The number of amides is 1. The molecule has 2 N–H and O–H groups in total. The first kappa shape index (κ1) is 12.5. The summed E-state index contributed by atoms with van der Waals surface area (Å²) in [5, 5.41) is 12.5. The minimum Gasteiger partial charge on any atom is -0.435 e. The molecule has 0 aromatic heterocycles. The monoisotopic (exact) mass is 215 g/mol. The summed E-state index contributed by atoms with van der Waals surface area (Å²) in [6, 6.07) is 0. The fourth-order valence-electron chi connectivity index (χ4n) is 1.88. The molecule has 0 unspecified atom stereocenters. The van der Waals surface area contributed by atoms with E-state index in [0.29, 0.717) is 13.1 Å². The summed E-state index contributed by atoms with van der Waals surface area (Å²) in [6.07, 6.45) is 0.292. The van der Waals surface area contributed by atoms with Gasteiger partial charge in [-0.05, 0) is 5.41 Å². The summed E-state index contributed by atoms with van der Waals surface area (Å²) >= 11 is 0. The first-order chi connectivity index (χ1) is 6.86. The lowest BCUT2D eigenvalue weighted by atomic mass is 9.91. The van der Waals surface area contributed by atoms with Crippen LogP contribution >= 0.6 is 0 Å². The van der Waals surface area contributed by atoms with Gasteiger partial charge >= 0.3 is 6.09 Å². The highest BCUT2D eigenvalue weighted by molar-refractivity contribution is 5.56. The molecule has 0 bridgehead atoms. The summed E-state index contributed by atoms with van der Waals surface area (Å²) in [4.78, 5) is 11.3. The Morgan fingerprint density at radius 2 is 1.87 bits per heavy atom. The van der Waals surface area contributed by atoms with Crippen LogP contribution in [0.2, 0.25) is 0 Å². The zero-order chi connectivity index (χ0) is 11.5. The molecule has 1 amide bonds. The van der Waals surface area contributed by atoms with E-state index in [1.165, 1.54) is 0 Å². The summed E-state index contributed by atoms with van der Waals surface area (Å²) in [5.41, 5.74) is 0.214. The maximum Gasteiger partial charge on any atom is 0.513 e. The number of hydrogen-bond donors (Lipinski definition) is 2. The van der Waals surface area contributed by atoms with E-state index in [0.717, 1.165) is 26.1 Å². The lowest BCUT2D eigenvalue weighted by molar-refractivity contribution is -0.860. The van der Waals surface area contributed by atoms with Crippen LogP contribution in [0, 0.1) is 5.41 Å². The Morgan fingerprint density at radius 1 is 1.33 bits per heavy atom. The van der Waals surface area contributed by atoms with E-state index in [1.54, 1.807) is 0 Å². The van der Waals surface area contributed by atoms with E-state index in [1.807, 2.05) is 0 Å². The number of quaternary nitrogens is 1. The van der Waals surface area contributed by atoms with Gasteiger partial charge in [-0.1, -0.05) is 20.8 Å². The third-order valence-corrected chi connectivity index (χ3v) is 3.13. The van der Waals surface area contributed by atoms with Gasteiger partial charge in [0.05, 0.1) is 6.54 Å². The van der Waals surface area contributed by atoms with Crippen molar-refractivity contribution >= 4 is 6.09 Å². The van der Waals surface area contributed by atoms with Gasteiger partial charge in [-0.25, -0.2) is 4.48 Å². The largest absolute Gasteiger partial charge is 0.513 e. The van der Waals surface area contributed by atoms with E-state index in [9.17, 15) is 9.90 Å². The smallest absolute Gasteiger partial charge is 0.435 e. The van der Waals surface area contributed by atoms with Crippen molar-refractivity contribution in [3.05, 3.63) is 0 Å². The quantitative estimate of drug-likeness (QED) is 0.687. The molecule has 0 radical (unpaired) electrons. The molecule has 15 heavy (non-hydrogen) atoms. The Kier molecular flexibility index (Phi) is 3.73. The van der Waals surface area contributed by atoms with Crippen LogP contribution in [0.25, 0.3) is 0 Å². The minimum absolute atomic E-state index is 0.214.